The first-order valence-electron chi connectivity index (χ1n) is 6.83. The lowest BCUT2D eigenvalue weighted by Crippen LogP contribution is -2.28. The van der Waals surface area contributed by atoms with Crippen molar-refractivity contribution in [3.63, 3.8) is 0 Å². The Morgan fingerprint density at radius 2 is 1.86 bits per heavy atom. The van der Waals surface area contributed by atoms with Crippen molar-refractivity contribution >= 4 is 21.8 Å². The normalized spacial score (nSPS) is 10.4. The van der Waals surface area contributed by atoms with Gasteiger partial charge in [-0.1, -0.05) is 36.4 Å². The zero-order chi connectivity index (χ0) is 15.2. The first kappa shape index (κ1) is 15.7. The molecule has 0 heterocycles. The van der Waals surface area contributed by atoms with Crippen LogP contribution in [0.3, 0.4) is 0 Å². The molecule has 0 saturated carbocycles. The number of hydrogen-bond acceptors (Lipinski definition) is 1. The molecule has 1 amide bonds. The number of rotatable bonds is 5. The van der Waals surface area contributed by atoms with Gasteiger partial charge in [-0.15, -0.1) is 0 Å². The number of carbonyl (C=O) groups is 1. The summed E-state index contributed by atoms with van der Waals surface area (Å²) in [4.78, 5) is 13.8. The van der Waals surface area contributed by atoms with E-state index in [-0.39, 0.29) is 11.5 Å². The Kier molecular flexibility index (Phi) is 5.51. The van der Waals surface area contributed by atoms with Gasteiger partial charge in [0.1, 0.15) is 5.82 Å². The van der Waals surface area contributed by atoms with Gasteiger partial charge in [0.05, 0.1) is 10.0 Å². The van der Waals surface area contributed by atoms with Gasteiger partial charge in [-0.05, 0) is 46.5 Å². The zero-order valence-corrected chi connectivity index (χ0v) is 13.4. The summed E-state index contributed by atoms with van der Waals surface area (Å²) in [5.74, 6) is -0.792. The molecule has 0 aliphatic carbocycles. The van der Waals surface area contributed by atoms with E-state index in [1.165, 1.54) is 11.6 Å². The first-order chi connectivity index (χ1) is 10.1. The average molecular weight is 350 g/mol. The maximum atomic E-state index is 13.9. The summed E-state index contributed by atoms with van der Waals surface area (Å²) in [6.07, 6.45) is 1.75. The molecule has 0 N–H and O–H groups in total. The molecular weight excluding hydrogens is 333 g/mol. The van der Waals surface area contributed by atoms with Crippen LogP contribution in [0.25, 0.3) is 0 Å². The lowest BCUT2D eigenvalue weighted by molar-refractivity contribution is 0.0789. The molecule has 0 aliphatic heterocycles. The van der Waals surface area contributed by atoms with E-state index in [1.54, 1.807) is 24.1 Å². The highest BCUT2D eigenvalue weighted by atomic mass is 79.9. The predicted octanol–water partition coefficient (Wildman–Crippen LogP) is 4.29. The highest BCUT2D eigenvalue weighted by Crippen LogP contribution is 2.19. The number of carbonyl (C=O) groups excluding carboxylic acids is 1. The number of benzene rings is 2. The minimum atomic E-state index is -0.502. The number of hydrogen-bond donors (Lipinski definition) is 0. The summed E-state index contributed by atoms with van der Waals surface area (Å²) < 4.78 is 14.2. The third-order valence-corrected chi connectivity index (χ3v) is 3.94. The van der Waals surface area contributed by atoms with Crippen LogP contribution in [0.1, 0.15) is 22.3 Å². The smallest absolute Gasteiger partial charge is 0.256 e. The van der Waals surface area contributed by atoms with Crippen LogP contribution >= 0.6 is 15.9 Å². The summed E-state index contributed by atoms with van der Waals surface area (Å²) in [6.45, 7) is 0.597. The van der Waals surface area contributed by atoms with Crippen LogP contribution in [0.2, 0.25) is 0 Å². The molecular formula is C17H17BrFNO. The number of nitrogens with zero attached hydrogens (tertiary/aromatic N) is 1. The lowest BCUT2D eigenvalue weighted by atomic mass is 10.1. The van der Waals surface area contributed by atoms with Gasteiger partial charge in [0.2, 0.25) is 0 Å². The maximum Gasteiger partial charge on any atom is 0.256 e. The molecule has 0 atom stereocenters. The van der Waals surface area contributed by atoms with Crippen molar-refractivity contribution in [1.29, 1.82) is 0 Å². The van der Waals surface area contributed by atoms with Gasteiger partial charge in [-0.2, -0.15) is 0 Å². The third kappa shape index (κ3) is 4.14. The van der Waals surface area contributed by atoms with Gasteiger partial charge in [0.25, 0.3) is 5.91 Å². The molecule has 4 heteroatoms. The Labute approximate surface area is 132 Å². The predicted molar refractivity (Wildman–Crippen MR) is 85.8 cm³/mol. The van der Waals surface area contributed by atoms with E-state index in [0.29, 0.717) is 11.0 Å². The fourth-order valence-corrected chi connectivity index (χ4v) is 2.51. The molecule has 0 unspecified atom stereocenters. The zero-order valence-electron chi connectivity index (χ0n) is 11.9. The summed E-state index contributed by atoms with van der Waals surface area (Å²) in [5.41, 5.74) is 1.35. The molecule has 0 fully saturated rings. The molecule has 0 saturated heterocycles. The molecule has 2 rings (SSSR count). The molecule has 0 spiro atoms. The van der Waals surface area contributed by atoms with E-state index < -0.39 is 5.82 Å². The summed E-state index contributed by atoms with van der Waals surface area (Å²) in [7, 11) is 1.70. The van der Waals surface area contributed by atoms with E-state index >= 15 is 0 Å². The Balaban J connectivity index is 1.92. The minimum absolute atomic E-state index is 0.103. The Morgan fingerprint density at radius 1 is 1.14 bits per heavy atom. The van der Waals surface area contributed by atoms with E-state index in [4.69, 9.17) is 0 Å². The van der Waals surface area contributed by atoms with E-state index in [9.17, 15) is 9.18 Å². The average Bonchev–Trinajstić information content (AvgIpc) is 2.50. The molecule has 2 aromatic carbocycles. The highest BCUT2D eigenvalue weighted by Gasteiger charge is 2.17. The maximum absolute atomic E-state index is 13.9. The Morgan fingerprint density at radius 3 is 2.57 bits per heavy atom. The SMILES string of the molecule is CN(CCCc1ccccc1)C(=O)c1cccc(Br)c1F. The Bertz CT molecular complexity index is 615. The van der Waals surface area contributed by atoms with Gasteiger partial charge in [0, 0.05) is 13.6 Å². The van der Waals surface area contributed by atoms with Crippen molar-refractivity contribution in [1.82, 2.24) is 4.90 Å². The number of amides is 1. The van der Waals surface area contributed by atoms with E-state index in [1.807, 2.05) is 18.2 Å². The monoisotopic (exact) mass is 349 g/mol. The molecule has 2 aromatic rings. The quantitative estimate of drug-likeness (QED) is 0.788. The van der Waals surface area contributed by atoms with Crippen LogP contribution in [0.15, 0.2) is 53.0 Å². The second-order valence-corrected chi connectivity index (χ2v) is 5.77. The number of aryl methyl sites for hydroxylation is 1. The standard InChI is InChI=1S/C17H17BrFNO/c1-20(12-6-9-13-7-3-2-4-8-13)17(21)14-10-5-11-15(18)16(14)19/h2-5,7-8,10-11H,6,9,12H2,1H3. The minimum Gasteiger partial charge on any atom is -0.342 e. The molecule has 2 nitrogen and oxygen atoms in total. The van der Waals surface area contributed by atoms with Crippen LogP contribution in [-0.4, -0.2) is 24.4 Å². The van der Waals surface area contributed by atoms with Crippen molar-refractivity contribution in [2.75, 3.05) is 13.6 Å². The van der Waals surface area contributed by atoms with Crippen molar-refractivity contribution in [2.45, 2.75) is 12.8 Å². The van der Waals surface area contributed by atoms with Crippen LogP contribution in [0, 0.1) is 5.82 Å². The largest absolute Gasteiger partial charge is 0.342 e. The topological polar surface area (TPSA) is 20.3 Å². The molecule has 0 aromatic heterocycles. The molecule has 110 valence electrons. The fraction of sp³-hybridized carbons (Fsp3) is 0.235. The van der Waals surface area contributed by atoms with Crippen molar-refractivity contribution < 1.29 is 9.18 Å². The van der Waals surface area contributed by atoms with Crippen LogP contribution < -0.4 is 0 Å². The molecule has 21 heavy (non-hydrogen) atoms. The molecule has 0 radical (unpaired) electrons. The van der Waals surface area contributed by atoms with Crippen LogP contribution in [0.5, 0.6) is 0 Å². The van der Waals surface area contributed by atoms with E-state index in [2.05, 4.69) is 28.1 Å². The highest BCUT2D eigenvalue weighted by molar-refractivity contribution is 9.10. The second kappa shape index (κ2) is 7.36. The number of halogens is 2. The summed E-state index contributed by atoms with van der Waals surface area (Å²) in [5, 5.41) is 0. The third-order valence-electron chi connectivity index (χ3n) is 3.33. The van der Waals surface area contributed by atoms with Crippen LogP contribution in [0.4, 0.5) is 4.39 Å². The van der Waals surface area contributed by atoms with Crippen LogP contribution in [-0.2, 0) is 6.42 Å². The lowest BCUT2D eigenvalue weighted by Gasteiger charge is -2.17. The summed E-state index contributed by atoms with van der Waals surface area (Å²) >= 11 is 3.10. The molecule has 0 aliphatic rings. The molecule has 0 bridgehead atoms. The van der Waals surface area contributed by atoms with Crippen molar-refractivity contribution in [3.8, 4) is 0 Å². The van der Waals surface area contributed by atoms with Crippen molar-refractivity contribution in [2.24, 2.45) is 0 Å². The van der Waals surface area contributed by atoms with Crippen molar-refractivity contribution in [3.05, 3.63) is 69.9 Å². The summed E-state index contributed by atoms with van der Waals surface area (Å²) in [6, 6.07) is 14.9. The Hall–Kier alpha value is -1.68. The van der Waals surface area contributed by atoms with Gasteiger partial charge >= 0.3 is 0 Å². The second-order valence-electron chi connectivity index (χ2n) is 4.92. The van der Waals surface area contributed by atoms with Gasteiger partial charge in [0.15, 0.2) is 0 Å². The van der Waals surface area contributed by atoms with Gasteiger partial charge in [-0.25, -0.2) is 4.39 Å². The van der Waals surface area contributed by atoms with Gasteiger partial charge < -0.3 is 4.90 Å². The van der Waals surface area contributed by atoms with E-state index in [0.717, 1.165) is 12.8 Å². The van der Waals surface area contributed by atoms with Gasteiger partial charge in [-0.3, -0.25) is 4.79 Å². The fourth-order valence-electron chi connectivity index (χ4n) is 2.14. The first-order valence-corrected chi connectivity index (χ1v) is 7.62.